The average Bonchev–Trinajstić information content (AvgIpc) is 3.02. The smallest absolute Gasteiger partial charge is 0.149 e. The molecule has 1 heterocycles. The first kappa shape index (κ1) is 13.4. The zero-order valence-corrected chi connectivity index (χ0v) is 14.6. The maximum atomic E-state index is 6.14. The first-order valence-electron chi connectivity index (χ1n) is 7.82. The third-order valence-electron chi connectivity index (χ3n) is 5.15. The maximum Gasteiger partial charge on any atom is 0.149 e. The fourth-order valence-electron chi connectivity index (χ4n) is 3.96. The minimum absolute atomic E-state index is 0.0235. The van der Waals surface area contributed by atoms with Gasteiger partial charge in [0.25, 0.3) is 0 Å². The summed E-state index contributed by atoms with van der Waals surface area (Å²) in [6.07, 6.45) is 0. The quantitative estimate of drug-likeness (QED) is 0.341. The van der Waals surface area contributed by atoms with Crippen LogP contribution in [0.5, 0.6) is 0 Å². The van der Waals surface area contributed by atoms with E-state index in [0.29, 0.717) is 0 Å². The Kier molecular flexibility index (Phi) is 2.48. The van der Waals surface area contributed by atoms with Crippen LogP contribution in [0, 0.1) is 0 Å². The Labute approximate surface area is 143 Å². The summed E-state index contributed by atoms with van der Waals surface area (Å²) in [5.74, 6) is 0. The van der Waals surface area contributed by atoms with Crippen molar-refractivity contribution >= 4 is 37.9 Å². The van der Waals surface area contributed by atoms with E-state index in [9.17, 15) is 0 Å². The average molecular weight is 363 g/mol. The molecule has 0 radical (unpaired) electrons. The molecule has 0 amide bonds. The molecule has 0 fully saturated rings. The topological polar surface area (TPSA) is 13.1 Å². The van der Waals surface area contributed by atoms with E-state index in [1.807, 2.05) is 6.07 Å². The molecule has 0 unspecified atom stereocenters. The summed E-state index contributed by atoms with van der Waals surface area (Å²) in [7, 11) is 0. The Hall–Kier alpha value is -2.06. The van der Waals surface area contributed by atoms with E-state index >= 15 is 0 Å². The van der Waals surface area contributed by atoms with Crippen molar-refractivity contribution in [2.24, 2.45) is 0 Å². The lowest BCUT2D eigenvalue weighted by molar-refractivity contribution is 0.657. The fourth-order valence-corrected chi connectivity index (χ4v) is 4.40. The zero-order valence-electron chi connectivity index (χ0n) is 13.0. The Bertz CT molecular complexity index is 1100. The van der Waals surface area contributed by atoms with E-state index in [1.54, 1.807) is 0 Å². The molecule has 0 saturated heterocycles. The third kappa shape index (κ3) is 1.62. The predicted octanol–water partition coefficient (Wildman–Crippen LogP) is 6.65. The van der Waals surface area contributed by atoms with Crippen LogP contribution in [0.4, 0.5) is 0 Å². The standard InChI is InChI=1S/C21H15BrO/c1-21(2)16-8-4-3-6-12(16)14-11-19-15(10-17(14)21)13-7-5-9-18(22)20(13)23-19/h3-11H,1-2H3. The van der Waals surface area contributed by atoms with Crippen molar-refractivity contribution < 1.29 is 4.42 Å². The SMILES string of the molecule is CC1(C)c2ccccc2-c2cc3oc4c(Br)cccc4c3cc21. The van der Waals surface area contributed by atoms with Crippen LogP contribution in [-0.2, 0) is 5.41 Å². The van der Waals surface area contributed by atoms with Gasteiger partial charge in [0.05, 0.1) is 4.47 Å². The summed E-state index contributed by atoms with van der Waals surface area (Å²) < 4.78 is 7.15. The second-order valence-electron chi connectivity index (χ2n) is 6.78. The van der Waals surface area contributed by atoms with Gasteiger partial charge in [-0.2, -0.15) is 0 Å². The molecular formula is C21H15BrO. The second-order valence-corrected chi connectivity index (χ2v) is 7.64. The Balaban J connectivity index is 1.94. The van der Waals surface area contributed by atoms with Crippen LogP contribution in [0.1, 0.15) is 25.0 Å². The minimum atomic E-state index is 0.0235. The van der Waals surface area contributed by atoms with E-state index in [1.165, 1.54) is 33.0 Å². The Morgan fingerprint density at radius 2 is 1.65 bits per heavy atom. The van der Waals surface area contributed by atoms with Crippen LogP contribution in [0.25, 0.3) is 33.1 Å². The van der Waals surface area contributed by atoms with Crippen molar-refractivity contribution in [3.05, 3.63) is 70.2 Å². The van der Waals surface area contributed by atoms with Gasteiger partial charge in [0.2, 0.25) is 0 Å². The molecule has 0 bridgehead atoms. The number of furan rings is 1. The lowest BCUT2D eigenvalue weighted by Crippen LogP contribution is -2.14. The van der Waals surface area contributed by atoms with Gasteiger partial charge < -0.3 is 4.42 Å². The molecule has 2 heteroatoms. The summed E-state index contributed by atoms with van der Waals surface area (Å²) in [5.41, 5.74) is 7.31. The number of hydrogen-bond donors (Lipinski definition) is 0. The van der Waals surface area contributed by atoms with Crippen molar-refractivity contribution in [2.45, 2.75) is 19.3 Å². The molecule has 112 valence electrons. The van der Waals surface area contributed by atoms with Crippen molar-refractivity contribution in [1.82, 2.24) is 0 Å². The van der Waals surface area contributed by atoms with Crippen molar-refractivity contribution in [3.8, 4) is 11.1 Å². The predicted molar refractivity (Wildman–Crippen MR) is 99.0 cm³/mol. The monoisotopic (exact) mass is 362 g/mol. The molecule has 5 rings (SSSR count). The molecule has 23 heavy (non-hydrogen) atoms. The summed E-state index contributed by atoms with van der Waals surface area (Å²) in [6, 6.07) is 19.5. The summed E-state index contributed by atoms with van der Waals surface area (Å²) in [6.45, 7) is 4.61. The Morgan fingerprint density at radius 3 is 2.52 bits per heavy atom. The van der Waals surface area contributed by atoms with Gasteiger partial charge in [0.15, 0.2) is 0 Å². The van der Waals surface area contributed by atoms with E-state index in [2.05, 4.69) is 78.3 Å². The molecule has 0 spiro atoms. The lowest BCUT2D eigenvalue weighted by Gasteiger charge is -2.21. The molecular weight excluding hydrogens is 348 g/mol. The normalized spacial score (nSPS) is 15.1. The molecule has 1 aliphatic carbocycles. The van der Waals surface area contributed by atoms with Gasteiger partial charge in [0, 0.05) is 16.2 Å². The van der Waals surface area contributed by atoms with Crippen LogP contribution >= 0.6 is 15.9 Å². The zero-order chi connectivity index (χ0) is 15.8. The van der Waals surface area contributed by atoms with Crippen LogP contribution in [0.2, 0.25) is 0 Å². The number of benzene rings is 3. The number of para-hydroxylation sites is 1. The molecule has 0 aliphatic heterocycles. The highest BCUT2D eigenvalue weighted by molar-refractivity contribution is 9.10. The van der Waals surface area contributed by atoms with E-state index in [0.717, 1.165) is 15.6 Å². The fraction of sp³-hybridized carbons (Fsp3) is 0.143. The molecule has 0 N–H and O–H groups in total. The highest BCUT2D eigenvalue weighted by Crippen LogP contribution is 2.50. The molecule has 1 aliphatic rings. The lowest BCUT2D eigenvalue weighted by atomic mass is 9.82. The number of rotatable bonds is 0. The Morgan fingerprint density at radius 1 is 0.826 bits per heavy atom. The molecule has 1 nitrogen and oxygen atoms in total. The number of hydrogen-bond acceptors (Lipinski definition) is 1. The van der Waals surface area contributed by atoms with Crippen molar-refractivity contribution in [2.75, 3.05) is 0 Å². The van der Waals surface area contributed by atoms with Gasteiger partial charge in [-0.15, -0.1) is 0 Å². The molecule has 1 aromatic heterocycles. The first-order valence-corrected chi connectivity index (χ1v) is 8.62. The summed E-state index contributed by atoms with van der Waals surface area (Å²) in [5, 5.41) is 2.37. The van der Waals surface area contributed by atoms with Gasteiger partial charge in [-0.05, 0) is 56.4 Å². The van der Waals surface area contributed by atoms with Gasteiger partial charge >= 0.3 is 0 Å². The van der Waals surface area contributed by atoms with Crippen LogP contribution in [0.15, 0.2) is 63.5 Å². The minimum Gasteiger partial charge on any atom is -0.455 e. The van der Waals surface area contributed by atoms with Crippen LogP contribution < -0.4 is 0 Å². The third-order valence-corrected chi connectivity index (χ3v) is 5.78. The van der Waals surface area contributed by atoms with E-state index in [-0.39, 0.29) is 5.41 Å². The largest absolute Gasteiger partial charge is 0.455 e. The molecule has 4 aromatic rings. The van der Waals surface area contributed by atoms with Crippen LogP contribution in [-0.4, -0.2) is 0 Å². The molecule has 3 aromatic carbocycles. The van der Waals surface area contributed by atoms with Crippen LogP contribution in [0.3, 0.4) is 0 Å². The van der Waals surface area contributed by atoms with Crippen molar-refractivity contribution in [3.63, 3.8) is 0 Å². The van der Waals surface area contributed by atoms with E-state index in [4.69, 9.17) is 4.42 Å². The van der Waals surface area contributed by atoms with E-state index < -0.39 is 0 Å². The highest BCUT2D eigenvalue weighted by Gasteiger charge is 2.35. The van der Waals surface area contributed by atoms with Crippen molar-refractivity contribution in [1.29, 1.82) is 0 Å². The van der Waals surface area contributed by atoms with Gasteiger partial charge in [-0.1, -0.05) is 50.2 Å². The van der Waals surface area contributed by atoms with Gasteiger partial charge in [-0.3, -0.25) is 0 Å². The highest BCUT2D eigenvalue weighted by atomic mass is 79.9. The van der Waals surface area contributed by atoms with Gasteiger partial charge in [0.1, 0.15) is 11.2 Å². The summed E-state index contributed by atoms with van der Waals surface area (Å²) in [4.78, 5) is 0. The number of fused-ring (bicyclic) bond motifs is 6. The summed E-state index contributed by atoms with van der Waals surface area (Å²) >= 11 is 3.60. The number of halogens is 1. The maximum absolute atomic E-state index is 6.14. The molecule has 0 saturated carbocycles. The molecule has 0 atom stereocenters. The van der Waals surface area contributed by atoms with Gasteiger partial charge in [-0.25, -0.2) is 0 Å². The first-order chi connectivity index (χ1) is 11.1. The second kappa shape index (κ2) is 4.27.